The summed E-state index contributed by atoms with van der Waals surface area (Å²) < 4.78 is 22.2. The number of fused-ring (bicyclic) bond motifs is 1. The van der Waals surface area contributed by atoms with Gasteiger partial charge < -0.3 is 39.8 Å². The molecule has 2 heterocycles. The number of halogens is 1. The number of anilines is 2. The van der Waals surface area contributed by atoms with E-state index >= 15 is 0 Å². The highest BCUT2D eigenvalue weighted by atomic mass is 35.5. The normalized spacial score (nSPS) is 16.9. The van der Waals surface area contributed by atoms with E-state index in [9.17, 15) is 19.2 Å². The molecule has 2 fully saturated rings. The van der Waals surface area contributed by atoms with Crippen molar-refractivity contribution in [2.45, 2.75) is 90.6 Å². The van der Waals surface area contributed by atoms with Crippen LogP contribution in [0.5, 0.6) is 17.2 Å². The van der Waals surface area contributed by atoms with Crippen molar-refractivity contribution >= 4 is 47.7 Å². The summed E-state index contributed by atoms with van der Waals surface area (Å²) in [5, 5.41) is 9.20. The molecule has 2 aliphatic heterocycles. The number of hydrogen-bond acceptors (Lipinski definition) is 9. The van der Waals surface area contributed by atoms with Gasteiger partial charge in [0.05, 0.1) is 31.4 Å². The number of aryl methyl sites for hydroxylation is 1. The number of urea groups is 2. The van der Waals surface area contributed by atoms with Gasteiger partial charge >= 0.3 is 18.0 Å². The highest BCUT2D eigenvalue weighted by molar-refractivity contribution is 6.07. The lowest BCUT2D eigenvalue weighted by Crippen LogP contribution is -2.48. The summed E-state index contributed by atoms with van der Waals surface area (Å²) in [6.45, 7) is 9.59. The Balaban J connectivity index is 0.00000561. The Hall–Kier alpha value is -5.01. The first-order valence-corrected chi connectivity index (χ1v) is 18.1. The van der Waals surface area contributed by atoms with Gasteiger partial charge in [-0.3, -0.25) is 14.5 Å². The summed E-state index contributed by atoms with van der Waals surface area (Å²) in [7, 11) is 1.51. The van der Waals surface area contributed by atoms with Gasteiger partial charge in [0.25, 0.3) is 5.91 Å². The second-order valence-electron chi connectivity index (χ2n) is 14.7. The Kier molecular flexibility index (Phi) is 12.6. The number of methoxy groups -OCH3 is 1. The van der Waals surface area contributed by atoms with Gasteiger partial charge in [-0.25, -0.2) is 9.59 Å². The first-order chi connectivity index (χ1) is 25.3. The first-order valence-electron chi connectivity index (χ1n) is 18.1. The number of rotatable bonds is 15. The molecule has 3 N–H and O–H groups in total. The van der Waals surface area contributed by atoms with Crippen molar-refractivity contribution in [1.82, 2.24) is 15.1 Å². The molecule has 3 aromatic rings. The monoisotopic (exact) mass is 763 g/mol. The van der Waals surface area contributed by atoms with Crippen LogP contribution in [0.25, 0.3) is 0 Å². The van der Waals surface area contributed by atoms with E-state index in [4.69, 9.17) is 18.9 Å². The summed E-state index contributed by atoms with van der Waals surface area (Å²) in [5.74, 6) is 1.39. The molecule has 1 saturated carbocycles. The van der Waals surface area contributed by atoms with Crippen LogP contribution in [0.4, 0.5) is 21.0 Å². The number of carbonyl (C=O) groups is 4. The van der Waals surface area contributed by atoms with Crippen molar-refractivity contribution < 1.29 is 38.1 Å². The van der Waals surface area contributed by atoms with Crippen LogP contribution in [0.2, 0.25) is 0 Å². The summed E-state index contributed by atoms with van der Waals surface area (Å²) in [6.07, 6.45) is 2.50. The van der Waals surface area contributed by atoms with Crippen molar-refractivity contribution in [2.24, 2.45) is 5.92 Å². The van der Waals surface area contributed by atoms with E-state index < -0.39 is 23.7 Å². The predicted molar refractivity (Wildman–Crippen MR) is 206 cm³/mol. The molecule has 13 nitrogen and oxygen atoms in total. The van der Waals surface area contributed by atoms with E-state index in [-0.39, 0.29) is 62.7 Å². The van der Waals surface area contributed by atoms with Gasteiger partial charge in [-0.1, -0.05) is 43.2 Å². The fraction of sp³-hybridized carbons (Fsp3) is 0.450. The van der Waals surface area contributed by atoms with E-state index in [1.165, 1.54) is 12.0 Å². The van der Waals surface area contributed by atoms with Crippen LogP contribution in [0.1, 0.15) is 76.1 Å². The third kappa shape index (κ3) is 9.19. The molecule has 3 aromatic carbocycles. The molecular weight excluding hydrogens is 714 g/mol. The number of esters is 1. The van der Waals surface area contributed by atoms with Crippen molar-refractivity contribution in [2.75, 3.05) is 31.1 Å². The van der Waals surface area contributed by atoms with Crippen LogP contribution in [0, 0.1) is 12.8 Å². The maximum atomic E-state index is 14.3. The van der Waals surface area contributed by atoms with Gasteiger partial charge in [0.2, 0.25) is 6.79 Å². The molecule has 54 heavy (non-hydrogen) atoms. The molecule has 6 rings (SSSR count). The molecule has 0 bridgehead atoms. The standard InChI is InChI=1S/C40H49N5O8.ClH/c1-24(2)53-36(46)20-32(28-14-16-33-35(19-28)52-23-51-33)41-21-29(17-26-11-12-26)45-37(47)40(4,5)44(39(45)49)22-27-13-15-31(34(18-27)50-6)43-38(48)42-30-10-8-7-9-25(30)3;/h7-10,13-16,18-19,24,26,29,32,41H,11-12,17,20-23H2,1-6H3,(H2,42,43,48);1H/t29-,32-;/m0./s1. The molecule has 290 valence electrons. The minimum absolute atomic E-state index is 0. The second kappa shape index (κ2) is 17.0. The van der Waals surface area contributed by atoms with E-state index in [0.717, 1.165) is 29.5 Å². The lowest BCUT2D eigenvalue weighted by atomic mass is 10.00. The van der Waals surface area contributed by atoms with Gasteiger partial charge in [0.15, 0.2) is 11.5 Å². The van der Waals surface area contributed by atoms with E-state index in [1.807, 2.05) is 49.4 Å². The number of nitrogens with one attached hydrogen (secondary N) is 3. The molecule has 5 amide bonds. The molecule has 0 radical (unpaired) electrons. The molecule has 0 spiro atoms. The lowest BCUT2D eigenvalue weighted by Gasteiger charge is -2.29. The Labute approximate surface area is 322 Å². The maximum absolute atomic E-state index is 14.3. The number of hydrogen-bond donors (Lipinski definition) is 3. The highest BCUT2D eigenvalue weighted by Crippen LogP contribution is 2.39. The topological polar surface area (TPSA) is 148 Å². The number of para-hydroxylation sites is 1. The summed E-state index contributed by atoms with van der Waals surface area (Å²) in [5.41, 5.74) is 2.48. The molecule has 1 aliphatic carbocycles. The highest BCUT2D eigenvalue weighted by Gasteiger charge is 2.53. The van der Waals surface area contributed by atoms with Crippen LogP contribution in [0.3, 0.4) is 0 Å². The van der Waals surface area contributed by atoms with Crippen LogP contribution >= 0.6 is 12.4 Å². The molecule has 3 aliphatic rings. The Morgan fingerprint density at radius 2 is 1.69 bits per heavy atom. The van der Waals surface area contributed by atoms with Crippen LogP contribution < -0.4 is 30.2 Å². The zero-order chi connectivity index (χ0) is 37.9. The molecule has 0 unspecified atom stereocenters. The fourth-order valence-electron chi connectivity index (χ4n) is 6.77. The number of amides is 5. The summed E-state index contributed by atoms with van der Waals surface area (Å²) in [4.78, 5) is 57.1. The minimum atomic E-state index is -1.13. The lowest BCUT2D eigenvalue weighted by molar-refractivity contribution is -0.148. The minimum Gasteiger partial charge on any atom is -0.495 e. The van der Waals surface area contributed by atoms with Crippen LogP contribution in [-0.4, -0.2) is 71.9 Å². The van der Waals surface area contributed by atoms with Crippen molar-refractivity contribution in [3.8, 4) is 17.2 Å². The number of benzene rings is 3. The van der Waals surface area contributed by atoms with Gasteiger partial charge in [0, 0.05) is 24.8 Å². The van der Waals surface area contributed by atoms with Crippen molar-refractivity contribution in [3.05, 3.63) is 77.4 Å². The third-order valence-corrected chi connectivity index (χ3v) is 9.91. The van der Waals surface area contributed by atoms with Crippen molar-refractivity contribution in [3.63, 3.8) is 0 Å². The first kappa shape index (κ1) is 40.2. The number of imide groups is 1. The quantitative estimate of drug-likeness (QED) is 0.108. The van der Waals surface area contributed by atoms with Gasteiger partial charge in [-0.2, -0.15) is 0 Å². The van der Waals surface area contributed by atoms with Crippen LogP contribution in [-0.2, 0) is 20.9 Å². The number of ether oxygens (including phenoxy) is 4. The van der Waals surface area contributed by atoms with E-state index in [1.54, 1.807) is 50.8 Å². The number of carbonyl (C=O) groups excluding carboxylic acids is 4. The fourth-order valence-corrected chi connectivity index (χ4v) is 6.77. The zero-order valence-corrected chi connectivity index (χ0v) is 32.4. The average molecular weight is 764 g/mol. The maximum Gasteiger partial charge on any atom is 0.328 e. The SMILES string of the molecule is COc1cc(CN2C(=O)N([C@H](CN[C@@H](CC(=O)OC(C)C)c3ccc4c(c3)OCO4)CC3CC3)C(=O)C2(C)C)ccc1NC(=O)Nc1ccccc1C.Cl. The molecular formula is C40H50ClN5O8. The largest absolute Gasteiger partial charge is 0.495 e. The van der Waals surface area contributed by atoms with Gasteiger partial charge in [-0.05, 0) is 94.0 Å². The number of nitrogens with zero attached hydrogens (tertiary/aromatic N) is 2. The van der Waals surface area contributed by atoms with Gasteiger partial charge in [0.1, 0.15) is 11.3 Å². The Morgan fingerprint density at radius 3 is 2.39 bits per heavy atom. The molecule has 0 aromatic heterocycles. The van der Waals surface area contributed by atoms with E-state index in [2.05, 4.69) is 16.0 Å². The Morgan fingerprint density at radius 1 is 0.963 bits per heavy atom. The third-order valence-electron chi connectivity index (χ3n) is 9.91. The Bertz CT molecular complexity index is 1870. The average Bonchev–Trinajstić information content (AvgIpc) is 3.78. The molecule has 14 heteroatoms. The van der Waals surface area contributed by atoms with E-state index in [0.29, 0.717) is 41.0 Å². The zero-order valence-electron chi connectivity index (χ0n) is 31.6. The van der Waals surface area contributed by atoms with Crippen LogP contribution in [0.15, 0.2) is 60.7 Å². The predicted octanol–water partition coefficient (Wildman–Crippen LogP) is 7.18. The summed E-state index contributed by atoms with van der Waals surface area (Å²) in [6, 6.07) is 16.6. The smallest absolute Gasteiger partial charge is 0.328 e. The molecule has 2 atom stereocenters. The summed E-state index contributed by atoms with van der Waals surface area (Å²) >= 11 is 0. The van der Waals surface area contributed by atoms with Crippen molar-refractivity contribution in [1.29, 1.82) is 0 Å². The molecule has 1 saturated heterocycles. The van der Waals surface area contributed by atoms with Gasteiger partial charge in [-0.15, -0.1) is 12.4 Å². The second-order valence-corrected chi connectivity index (χ2v) is 14.7.